The second-order valence-electron chi connectivity index (χ2n) is 5.75. The van der Waals surface area contributed by atoms with Gasteiger partial charge in [-0.2, -0.15) is 10.2 Å². The molecule has 0 radical (unpaired) electrons. The van der Waals surface area contributed by atoms with E-state index in [-0.39, 0.29) is 5.91 Å². The first-order valence-corrected chi connectivity index (χ1v) is 8.81. The molecule has 1 amide bonds. The van der Waals surface area contributed by atoms with Crippen LogP contribution in [0.3, 0.4) is 0 Å². The summed E-state index contributed by atoms with van der Waals surface area (Å²) in [6.07, 6.45) is 5.53. The summed E-state index contributed by atoms with van der Waals surface area (Å²) in [4.78, 5) is 18.9. The number of carbonyl (C=O) groups is 1. The number of hydrogen-bond acceptors (Lipinski definition) is 6. The molecule has 1 N–H and O–H groups in total. The number of hydrogen-bond donors (Lipinski definition) is 1. The van der Waals surface area contributed by atoms with E-state index >= 15 is 0 Å². The van der Waals surface area contributed by atoms with Gasteiger partial charge < -0.3 is 10.2 Å². The summed E-state index contributed by atoms with van der Waals surface area (Å²) in [6, 6.07) is 7.75. The molecule has 3 aromatic rings. The van der Waals surface area contributed by atoms with Crippen LogP contribution in [0.25, 0.3) is 10.1 Å². The largest absolute Gasteiger partial charge is 0.371 e. The van der Waals surface area contributed by atoms with Crippen LogP contribution in [-0.4, -0.2) is 39.1 Å². The van der Waals surface area contributed by atoms with Gasteiger partial charge in [0.2, 0.25) is 0 Å². The zero-order chi connectivity index (χ0) is 16.4. The molecule has 0 aromatic carbocycles. The first-order chi connectivity index (χ1) is 11.8. The van der Waals surface area contributed by atoms with E-state index in [0.717, 1.165) is 46.7 Å². The highest BCUT2D eigenvalue weighted by Gasteiger charge is 2.23. The van der Waals surface area contributed by atoms with Gasteiger partial charge >= 0.3 is 0 Å². The van der Waals surface area contributed by atoms with Gasteiger partial charge in [-0.25, -0.2) is 0 Å². The average Bonchev–Trinajstić information content (AvgIpc) is 3.29. The van der Waals surface area contributed by atoms with Crippen molar-refractivity contribution in [1.29, 1.82) is 0 Å². The molecule has 122 valence electrons. The zero-order valence-corrected chi connectivity index (χ0v) is 13.9. The van der Waals surface area contributed by atoms with Crippen LogP contribution in [0.2, 0.25) is 0 Å². The standard InChI is InChI=1S/C17H17N5OS/c23-17(22-8-1-2-9-22)16-13-10-15(24-14(13)5-7-18-16)19-11-12-4-3-6-20-21-12/h3-7,10,19H,1-2,8-9,11H2. The summed E-state index contributed by atoms with van der Waals surface area (Å²) in [5.74, 6) is 0.0383. The van der Waals surface area contributed by atoms with Crippen LogP contribution in [0.5, 0.6) is 0 Å². The first-order valence-electron chi connectivity index (χ1n) is 7.99. The molecule has 0 bridgehead atoms. The van der Waals surface area contributed by atoms with Crippen molar-refractivity contribution in [3.63, 3.8) is 0 Å². The molecule has 1 fully saturated rings. The van der Waals surface area contributed by atoms with Crippen LogP contribution < -0.4 is 5.32 Å². The summed E-state index contributed by atoms with van der Waals surface area (Å²) in [6.45, 7) is 2.27. The second kappa shape index (κ2) is 6.52. The van der Waals surface area contributed by atoms with Gasteiger partial charge in [0.25, 0.3) is 5.91 Å². The predicted molar refractivity (Wildman–Crippen MR) is 94.1 cm³/mol. The van der Waals surface area contributed by atoms with Crippen molar-refractivity contribution < 1.29 is 4.79 Å². The van der Waals surface area contributed by atoms with Crippen LogP contribution in [0, 0.1) is 0 Å². The van der Waals surface area contributed by atoms with Gasteiger partial charge in [0.15, 0.2) is 0 Å². The SMILES string of the molecule is O=C(c1nccc2sc(NCc3cccnn3)cc12)N1CCCC1. The van der Waals surface area contributed by atoms with Gasteiger partial charge in [-0.05, 0) is 37.1 Å². The molecular formula is C17H17N5OS. The number of pyridine rings is 1. The van der Waals surface area contributed by atoms with Crippen molar-refractivity contribution in [3.8, 4) is 0 Å². The number of nitrogens with zero attached hydrogens (tertiary/aromatic N) is 4. The summed E-state index contributed by atoms with van der Waals surface area (Å²) < 4.78 is 1.06. The maximum absolute atomic E-state index is 12.7. The maximum atomic E-state index is 12.7. The number of amides is 1. The van der Waals surface area contributed by atoms with Crippen LogP contribution >= 0.6 is 11.3 Å². The molecule has 4 rings (SSSR count). The molecule has 6 nitrogen and oxygen atoms in total. The summed E-state index contributed by atoms with van der Waals surface area (Å²) in [5, 5.41) is 13.2. The van der Waals surface area contributed by atoms with Crippen molar-refractivity contribution in [3.05, 3.63) is 48.0 Å². The van der Waals surface area contributed by atoms with Gasteiger partial charge in [0, 0.05) is 35.6 Å². The number of rotatable bonds is 4. The fourth-order valence-corrected chi connectivity index (χ4v) is 3.85. The topological polar surface area (TPSA) is 71.0 Å². The number of nitrogens with one attached hydrogen (secondary N) is 1. The Morgan fingerprint density at radius 3 is 2.92 bits per heavy atom. The summed E-state index contributed by atoms with van der Waals surface area (Å²) >= 11 is 1.62. The Bertz CT molecular complexity index is 858. The van der Waals surface area contributed by atoms with E-state index < -0.39 is 0 Å². The highest BCUT2D eigenvalue weighted by Crippen LogP contribution is 2.32. The Balaban J connectivity index is 1.58. The molecule has 0 atom stereocenters. The van der Waals surface area contributed by atoms with Crippen molar-refractivity contribution in [2.45, 2.75) is 19.4 Å². The van der Waals surface area contributed by atoms with Crippen molar-refractivity contribution in [2.24, 2.45) is 0 Å². The lowest BCUT2D eigenvalue weighted by Crippen LogP contribution is -2.28. The minimum Gasteiger partial charge on any atom is -0.371 e. The highest BCUT2D eigenvalue weighted by molar-refractivity contribution is 7.22. The third-order valence-electron chi connectivity index (χ3n) is 4.11. The quantitative estimate of drug-likeness (QED) is 0.791. The Morgan fingerprint density at radius 1 is 1.25 bits per heavy atom. The average molecular weight is 339 g/mol. The highest BCUT2D eigenvalue weighted by atomic mass is 32.1. The molecule has 1 saturated heterocycles. The van der Waals surface area contributed by atoms with E-state index in [1.165, 1.54) is 0 Å². The Morgan fingerprint density at radius 2 is 2.12 bits per heavy atom. The van der Waals surface area contributed by atoms with Crippen LogP contribution in [0.15, 0.2) is 36.7 Å². The molecule has 7 heteroatoms. The number of likely N-dealkylation sites (tertiary alicyclic amines) is 1. The number of thiophene rings is 1. The molecule has 1 aliphatic heterocycles. The van der Waals surface area contributed by atoms with Crippen molar-refractivity contribution in [1.82, 2.24) is 20.1 Å². The molecule has 0 saturated carbocycles. The lowest BCUT2D eigenvalue weighted by Gasteiger charge is -2.14. The van der Waals surface area contributed by atoms with Gasteiger partial charge in [-0.3, -0.25) is 9.78 Å². The predicted octanol–water partition coefficient (Wildman–Crippen LogP) is 2.93. The number of aromatic nitrogens is 3. The zero-order valence-electron chi connectivity index (χ0n) is 13.1. The molecule has 1 aliphatic rings. The summed E-state index contributed by atoms with van der Waals surface area (Å²) in [7, 11) is 0. The Kier molecular flexibility index (Phi) is 4.08. The molecule has 3 aromatic heterocycles. The van der Waals surface area contributed by atoms with E-state index in [1.807, 2.05) is 29.2 Å². The third-order valence-corrected chi connectivity index (χ3v) is 5.17. The fraction of sp³-hybridized carbons (Fsp3) is 0.294. The van der Waals surface area contributed by atoms with E-state index in [9.17, 15) is 4.79 Å². The van der Waals surface area contributed by atoms with E-state index in [1.54, 1.807) is 23.7 Å². The number of anilines is 1. The van der Waals surface area contributed by atoms with Gasteiger partial charge in [-0.1, -0.05) is 0 Å². The second-order valence-corrected chi connectivity index (χ2v) is 6.83. The fourth-order valence-electron chi connectivity index (χ4n) is 2.90. The van der Waals surface area contributed by atoms with Crippen molar-refractivity contribution in [2.75, 3.05) is 18.4 Å². The molecule has 4 heterocycles. The molecule has 24 heavy (non-hydrogen) atoms. The number of carbonyl (C=O) groups excluding carboxylic acids is 1. The number of fused-ring (bicyclic) bond motifs is 1. The van der Waals surface area contributed by atoms with E-state index in [0.29, 0.717) is 12.2 Å². The summed E-state index contributed by atoms with van der Waals surface area (Å²) in [5.41, 5.74) is 1.43. The van der Waals surface area contributed by atoms with Crippen molar-refractivity contribution >= 4 is 32.3 Å². The molecule has 0 unspecified atom stereocenters. The normalized spacial score (nSPS) is 14.2. The van der Waals surface area contributed by atoms with Gasteiger partial charge in [0.05, 0.1) is 17.2 Å². The van der Waals surface area contributed by atoms with Crippen LogP contribution in [0.1, 0.15) is 29.0 Å². The van der Waals surface area contributed by atoms with Gasteiger partial charge in [0.1, 0.15) is 5.69 Å². The van der Waals surface area contributed by atoms with Crippen LogP contribution in [-0.2, 0) is 6.54 Å². The molecular weight excluding hydrogens is 322 g/mol. The Labute approximate surface area is 143 Å². The molecule has 0 spiro atoms. The first kappa shape index (κ1) is 15.0. The van der Waals surface area contributed by atoms with E-state index in [4.69, 9.17) is 0 Å². The molecule has 0 aliphatic carbocycles. The van der Waals surface area contributed by atoms with E-state index in [2.05, 4.69) is 20.5 Å². The Hall–Kier alpha value is -2.54. The minimum atomic E-state index is 0.0383. The smallest absolute Gasteiger partial charge is 0.273 e. The van der Waals surface area contributed by atoms with Crippen LogP contribution in [0.4, 0.5) is 5.00 Å². The lowest BCUT2D eigenvalue weighted by molar-refractivity contribution is 0.0789. The minimum absolute atomic E-state index is 0.0383. The maximum Gasteiger partial charge on any atom is 0.273 e. The lowest BCUT2D eigenvalue weighted by atomic mass is 10.2. The monoisotopic (exact) mass is 339 g/mol. The third kappa shape index (κ3) is 2.94. The van der Waals surface area contributed by atoms with Gasteiger partial charge in [-0.15, -0.1) is 11.3 Å².